The van der Waals surface area contributed by atoms with Gasteiger partial charge < -0.3 is 10.1 Å². The van der Waals surface area contributed by atoms with Gasteiger partial charge in [-0.3, -0.25) is 4.79 Å². The molecule has 0 aliphatic heterocycles. The maximum absolute atomic E-state index is 11.8. The van der Waals surface area contributed by atoms with Crippen molar-refractivity contribution < 1.29 is 9.53 Å². The summed E-state index contributed by atoms with van der Waals surface area (Å²) in [7, 11) is 1.63. The molecular weight excluding hydrogens is 318 g/mol. The minimum absolute atomic E-state index is 0.0676. The standard InChI is InChI=1S/C20H23NO2S/c1-16-4-3-5-18(14-16)15-24-13-12-21-20(22)11-8-17-6-9-19(23-2)10-7-17/h3-11,14H,12-13,15H2,1-2H3,(H,21,22)/b11-8+. The van der Waals surface area contributed by atoms with Crippen LogP contribution in [0.3, 0.4) is 0 Å². The summed E-state index contributed by atoms with van der Waals surface area (Å²) < 4.78 is 5.10. The third-order valence-corrected chi connectivity index (χ3v) is 4.47. The number of nitrogens with one attached hydrogen (secondary N) is 1. The number of carbonyl (C=O) groups is 1. The molecule has 2 aromatic rings. The largest absolute Gasteiger partial charge is 0.497 e. The van der Waals surface area contributed by atoms with E-state index in [1.165, 1.54) is 11.1 Å². The zero-order chi connectivity index (χ0) is 17.2. The second-order valence-electron chi connectivity index (χ2n) is 5.44. The SMILES string of the molecule is COc1ccc(/C=C/C(=O)NCCSCc2cccc(C)c2)cc1. The number of ether oxygens (including phenoxy) is 1. The molecule has 0 aromatic heterocycles. The topological polar surface area (TPSA) is 38.3 Å². The Morgan fingerprint density at radius 3 is 2.71 bits per heavy atom. The molecule has 0 atom stereocenters. The van der Waals surface area contributed by atoms with Crippen LogP contribution < -0.4 is 10.1 Å². The number of carbonyl (C=O) groups excluding carboxylic acids is 1. The molecule has 2 rings (SSSR count). The molecule has 3 nitrogen and oxygen atoms in total. The van der Waals surface area contributed by atoms with E-state index in [1.807, 2.05) is 36.0 Å². The predicted molar refractivity (Wildman–Crippen MR) is 102 cm³/mol. The molecule has 1 N–H and O–H groups in total. The number of hydrogen-bond donors (Lipinski definition) is 1. The van der Waals surface area contributed by atoms with Gasteiger partial charge in [0.2, 0.25) is 5.91 Å². The summed E-state index contributed by atoms with van der Waals surface area (Å²) in [5.41, 5.74) is 3.58. The van der Waals surface area contributed by atoms with Crippen molar-refractivity contribution in [1.29, 1.82) is 0 Å². The predicted octanol–water partition coefficient (Wildman–Crippen LogP) is 4.07. The molecule has 0 radical (unpaired) electrons. The molecule has 0 fully saturated rings. The van der Waals surface area contributed by atoms with Gasteiger partial charge in [-0.2, -0.15) is 11.8 Å². The molecule has 0 saturated carbocycles. The highest BCUT2D eigenvalue weighted by molar-refractivity contribution is 7.98. The second kappa shape index (κ2) is 9.83. The summed E-state index contributed by atoms with van der Waals surface area (Å²) in [5, 5.41) is 2.90. The summed E-state index contributed by atoms with van der Waals surface area (Å²) in [5.74, 6) is 2.61. The highest BCUT2D eigenvalue weighted by Crippen LogP contribution is 2.13. The van der Waals surface area contributed by atoms with Gasteiger partial charge in [-0.15, -0.1) is 0 Å². The van der Waals surface area contributed by atoms with Crippen LogP contribution in [0.1, 0.15) is 16.7 Å². The Labute approximate surface area is 148 Å². The van der Waals surface area contributed by atoms with E-state index in [0.29, 0.717) is 6.54 Å². The van der Waals surface area contributed by atoms with Gasteiger partial charge in [0.25, 0.3) is 0 Å². The minimum atomic E-state index is -0.0676. The summed E-state index contributed by atoms with van der Waals surface area (Å²) >= 11 is 1.82. The maximum atomic E-state index is 11.8. The van der Waals surface area contributed by atoms with Crippen LogP contribution >= 0.6 is 11.8 Å². The van der Waals surface area contributed by atoms with Gasteiger partial charge in [0.05, 0.1) is 7.11 Å². The van der Waals surface area contributed by atoms with Crippen LogP contribution in [-0.2, 0) is 10.5 Å². The van der Waals surface area contributed by atoms with Gasteiger partial charge >= 0.3 is 0 Å². The third kappa shape index (κ3) is 6.50. The van der Waals surface area contributed by atoms with E-state index in [2.05, 4.69) is 36.5 Å². The lowest BCUT2D eigenvalue weighted by molar-refractivity contribution is -0.116. The number of aryl methyl sites for hydroxylation is 1. The van der Waals surface area contributed by atoms with Crippen molar-refractivity contribution in [2.75, 3.05) is 19.4 Å². The molecule has 4 heteroatoms. The molecule has 0 aliphatic carbocycles. The highest BCUT2D eigenvalue weighted by atomic mass is 32.2. The van der Waals surface area contributed by atoms with Crippen LogP contribution in [0.5, 0.6) is 5.75 Å². The molecule has 0 spiro atoms. The van der Waals surface area contributed by atoms with Gasteiger partial charge in [0.15, 0.2) is 0 Å². The molecule has 0 bridgehead atoms. The van der Waals surface area contributed by atoms with E-state index in [0.717, 1.165) is 22.8 Å². The molecule has 0 unspecified atom stereocenters. The van der Waals surface area contributed by atoms with E-state index in [-0.39, 0.29) is 5.91 Å². The Bertz CT molecular complexity index is 680. The molecule has 1 amide bonds. The minimum Gasteiger partial charge on any atom is -0.497 e. The second-order valence-corrected chi connectivity index (χ2v) is 6.54. The number of thioether (sulfide) groups is 1. The third-order valence-electron chi connectivity index (χ3n) is 3.44. The molecule has 0 heterocycles. The first kappa shape index (κ1) is 18.1. The van der Waals surface area contributed by atoms with Crippen LogP contribution in [-0.4, -0.2) is 25.3 Å². The molecule has 0 aliphatic rings. The zero-order valence-electron chi connectivity index (χ0n) is 14.1. The Kier molecular flexibility index (Phi) is 7.43. The van der Waals surface area contributed by atoms with Gasteiger partial charge in [0.1, 0.15) is 5.75 Å². The fourth-order valence-electron chi connectivity index (χ4n) is 2.18. The summed E-state index contributed by atoms with van der Waals surface area (Å²) in [6, 6.07) is 16.1. The normalized spacial score (nSPS) is 10.8. The average Bonchev–Trinajstić information content (AvgIpc) is 2.60. The first-order chi connectivity index (χ1) is 11.7. The summed E-state index contributed by atoms with van der Waals surface area (Å²) in [4.78, 5) is 11.8. The Hall–Kier alpha value is -2.20. The zero-order valence-corrected chi connectivity index (χ0v) is 14.9. The van der Waals surface area contributed by atoms with Gasteiger partial charge in [0, 0.05) is 24.1 Å². The van der Waals surface area contributed by atoms with Gasteiger partial charge in [-0.25, -0.2) is 0 Å². The molecule has 0 saturated heterocycles. The van der Waals surface area contributed by atoms with Crippen LogP contribution in [0.15, 0.2) is 54.6 Å². The van der Waals surface area contributed by atoms with Crippen molar-refractivity contribution in [3.05, 3.63) is 71.3 Å². The Morgan fingerprint density at radius 2 is 2.00 bits per heavy atom. The fourth-order valence-corrected chi connectivity index (χ4v) is 2.99. The van der Waals surface area contributed by atoms with E-state index >= 15 is 0 Å². The van der Waals surface area contributed by atoms with Crippen molar-refractivity contribution in [2.45, 2.75) is 12.7 Å². The number of benzene rings is 2. The maximum Gasteiger partial charge on any atom is 0.244 e. The van der Waals surface area contributed by atoms with Crippen molar-refractivity contribution in [2.24, 2.45) is 0 Å². The average molecular weight is 341 g/mol. The molecular formula is C20H23NO2S. The van der Waals surface area contributed by atoms with Gasteiger partial charge in [-0.1, -0.05) is 42.0 Å². The van der Waals surface area contributed by atoms with Gasteiger partial charge in [-0.05, 0) is 36.3 Å². The van der Waals surface area contributed by atoms with Crippen molar-refractivity contribution in [3.63, 3.8) is 0 Å². The number of hydrogen-bond acceptors (Lipinski definition) is 3. The quantitative estimate of drug-likeness (QED) is 0.581. The summed E-state index contributed by atoms with van der Waals surface area (Å²) in [6.07, 6.45) is 3.36. The Morgan fingerprint density at radius 1 is 1.21 bits per heavy atom. The van der Waals surface area contributed by atoms with Crippen molar-refractivity contribution in [1.82, 2.24) is 5.32 Å². The molecule has 126 valence electrons. The van der Waals surface area contributed by atoms with E-state index in [9.17, 15) is 4.79 Å². The lowest BCUT2D eigenvalue weighted by Gasteiger charge is -2.04. The lowest BCUT2D eigenvalue weighted by Crippen LogP contribution is -2.23. The molecule has 24 heavy (non-hydrogen) atoms. The number of amides is 1. The fraction of sp³-hybridized carbons (Fsp3) is 0.250. The monoisotopic (exact) mass is 341 g/mol. The van der Waals surface area contributed by atoms with E-state index in [4.69, 9.17) is 4.74 Å². The first-order valence-electron chi connectivity index (χ1n) is 7.90. The van der Waals surface area contributed by atoms with Crippen LogP contribution in [0, 0.1) is 6.92 Å². The lowest BCUT2D eigenvalue weighted by atomic mass is 10.2. The van der Waals surface area contributed by atoms with E-state index in [1.54, 1.807) is 19.3 Å². The number of rotatable bonds is 8. The van der Waals surface area contributed by atoms with Crippen LogP contribution in [0.2, 0.25) is 0 Å². The van der Waals surface area contributed by atoms with Crippen molar-refractivity contribution >= 4 is 23.7 Å². The Balaban J connectivity index is 1.64. The first-order valence-corrected chi connectivity index (χ1v) is 9.06. The highest BCUT2D eigenvalue weighted by Gasteiger charge is 1.97. The van der Waals surface area contributed by atoms with Crippen LogP contribution in [0.4, 0.5) is 0 Å². The van der Waals surface area contributed by atoms with Crippen molar-refractivity contribution in [3.8, 4) is 5.75 Å². The van der Waals surface area contributed by atoms with E-state index < -0.39 is 0 Å². The van der Waals surface area contributed by atoms with Crippen LogP contribution in [0.25, 0.3) is 6.08 Å². The molecule has 2 aromatic carbocycles. The summed E-state index contributed by atoms with van der Waals surface area (Å²) in [6.45, 7) is 2.77. The number of methoxy groups -OCH3 is 1. The smallest absolute Gasteiger partial charge is 0.244 e.